The summed E-state index contributed by atoms with van der Waals surface area (Å²) in [5.74, 6) is -0.665. The topological polar surface area (TPSA) is 62.2 Å². The van der Waals surface area contributed by atoms with Gasteiger partial charge in [0.05, 0.1) is 18.0 Å². The van der Waals surface area contributed by atoms with Gasteiger partial charge in [-0.1, -0.05) is 12.1 Å². The number of nitrogens with one attached hydrogen (secondary N) is 1. The second-order valence-electron chi connectivity index (χ2n) is 4.73. The minimum atomic E-state index is -0.683. The number of nitrogens with zero attached hydrogens (tertiary/aromatic N) is 1. The van der Waals surface area contributed by atoms with Gasteiger partial charge in [-0.25, -0.2) is 0 Å². The maximum absolute atomic E-state index is 10.8. The van der Waals surface area contributed by atoms with Gasteiger partial charge in [0.15, 0.2) is 0 Å². The van der Waals surface area contributed by atoms with E-state index in [1.807, 2.05) is 36.0 Å². The molecule has 1 heterocycles. The third kappa shape index (κ3) is 2.76. The molecule has 1 saturated carbocycles. The fourth-order valence-electron chi connectivity index (χ4n) is 2.20. The number of rotatable bonds is 5. The number of carboxylic acid groups (broad SMARTS) is 1. The van der Waals surface area contributed by atoms with Crippen molar-refractivity contribution in [2.45, 2.75) is 18.9 Å². The Morgan fingerprint density at radius 1 is 1.42 bits per heavy atom. The summed E-state index contributed by atoms with van der Waals surface area (Å²) in [5.41, 5.74) is 3.99. The molecule has 2 aromatic rings. The van der Waals surface area contributed by atoms with Crippen molar-refractivity contribution in [1.82, 2.24) is 4.98 Å². The number of carbonyl (C=O) groups is 1. The normalized spacial score (nSPS) is 21.1. The van der Waals surface area contributed by atoms with Crippen LogP contribution in [0.4, 0.5) is 5.69 Å². The highest BCUT2D eigenvalue weighted by Crippen LogP contribution is 2.47. The van der Waals surface area contributed by atoms with Crippen LogP contribution in [0.25, 0.3) is 0 Å². The van der Waals surface area contributed by atoms with Crippen LogP contribution in [0.2, 0.25) is 0 Å². The summed E-state index contributed by atoms with van der Waals surface area (Å²) in [6.45, 7) is 0.769. The van der Waals surface area contributed by atoms with Crippen molar-refractivity contribution in [2.24, 2.45) is 5.92 Å². The molecule has 3 rings (SSSR count). The minimum absolute atomic E-state index is 0.184. The van der Waals surface area contributed by atoms with Crippen molar-refractivity contribution < 1.29 is 9.90 Å². The van der Waals surface area contributed by atoms with Gasteiger partial charge in [-0.15, -0.1) is 11.3 Å². The van der Waals surface area contributed by atoms with Crippen LogP contribution in [0.5, 0.6) is 0 Å². The van der Waals surface area contributed by atoms with Gasteiger partial charge in [-0.3, -0.25) is 9.78 Å². The van der Waals surface area contributed by atoms with E-state index in [0.717, 1.165) is 24.2 Å². The lowest BCUT2D eigenvalue weighted by Crippen LogP contribution is -1.99. The molecule has 4 nitrogen and oxygen atoms in total. The average molecular weight is 274 g/mol. The van der Waals surface area contributed by atoms with Gasteiger partial charge >= 0.3 is 5.97 Å². The van der Waals surface area contributed by atoms with Crippen molar-refractivity contribution in [2.75, 3.05) is 5.32 Å². The standard InChI is InChI=1S/C14H14N2O2S/c17-14(18)13-5-12(13)9-1-3-10(4-2-9)16-7-11-6-15-8-19-11/h1-4,6,8,12-13,16H,5,7H2,(H,17,18)/t12-,13+/m0/s1. The predicted molar refractivity (Wildman–Crippen MR) is 74.4 cm³/mol. The van der Waals surface area contributed by atoms with E-state index in [-0.39, 0.29) is 11.8 Å². The van der Waals surface area contributed by atoms with Crippen molar-refractivity contribution >= 4 is 23.0 Å². The Kier molecular flexibility index (Phi) is 3.21. The first kappa shape index (κ1) is 12.2. The fraction of sp³-hybridized carbons (Fsp3) is 0.286. The van der Waals surface area contributed by atoms with Gasteiger partial charge in [0.1, 0.15) is 0 Å². The SMILES string of the molecule is O=C(O)[C@@H]1C[C@H]1c1ccc(NCc2cncs2)cc1. The van der Waals surface area contributed by atoms with Gasteiger partial charge in [0, 0.05) is 16.8 Å². The van der Waals surface area contributed by atoms with Crippen LogP contribution < -0.4 is 5.32 Å². The van der Waals surface area contributed by atoms with Crippen molar-refractivity contribution in [3.8, 4) is 0 Å². The molecule has 0 spiro atoms. The summed E-state index contributed by atoms with van der Waals surface area (Å²) in [7, 11) is 0. The average Bonchev–Trinajstić information content (AvgIpc) is 3.06. The van der Waals surface area contributed by atoms with E-state index in [1.165, 1.54) is 4.88 Å². The monoisotopic (exact) mass is 274 g/mol. The lowest BCUT2D eigenvalue weighted by atomic mass is 10.1. The van der Waals surface area contributed by atoms with Gasteiger partial charge in [0.2, 0.25) is 0 Å². The number of carboxylic acids is 1. The molecular formula is C14H14N2O2S. The molecule has 1 fully saturated rings. The van der Waals surface area contributed by atoms with Crippen molar-refractivity contribution in [1.29, 1.82) is 0 Å². The van der Waals surface area contributed by atoms with E-state index in [0.29, 0.717) is 0 Å². The van der Waals surface area contributed by atoms with Gasteiger partial charge in [-0.05, 0) is 30.0 Å². The molecule has 0 bridgehead atoms. The fourth-order valence-corrected chi connectivity index (χ4v) is 2.74. The van der Waals surface area contributed by atoms with Crippen molar-refractivity contribution in [3.05, 3.63) is 46.4 Å². The number of thiazole rings is 1. The smallest absolute Gasteiger partial charge is 0.307 e. The number of hydrogen-bond donors (Lipinski definition) is 2. The molecule has 0 amide bonds. The van der Waals surface area contributed by atoms with Crippen LogP contribution >= 0.6 is 11.3 Å². The Morgan fingerprint density at radius 2 is 2.21 bits per heavy atom. The zero-order chi connectivity index (χ0) is 13.2. The van der Waals surface area contributed by atoms with Crippen LogP contribution in [0.1, 0.15) is 22.8 Å². The van der Waals surface area contributed by atoms with Crippen LogP contribution in [-0.2, 0) is 11.3 Å². The Balaban J connectivity index is 1.59. The summed E-state index contributed by atoms with van der Waals surface area (Å²) in [5, 5.41) is 12.2. The molecule has 1 aromatic carbocycles. The van der Waals surface area contributed by atoms with Crippen LogP contribution in [0.15, 0.2) is 36.0 Å². The molecule has 0 aliphatic heterocycles. The predicted octanol–water partition coefficient (Wildman–Crippen LogP) is 2.94. The zero-order valence-electron chi connectivity index (χ0n) is 10.2. The summed E-state index contributed by atoms with van der Waals surface area (Å²) >= 11 is 1.62. The molecule has 1 aliphatic carbocycles. The van der Waals surface area contributed by atoms with E-state index >= 15 is 0 Å². The number of benzene rings is 1. The maximum atomic E-state index is 10.8. The Bertz CT molecular complexity index is 566. The number of aliphatic carboxylic acids is 1. The largest absolute Gasteiger partial charge is 0.481 e. The number of hydrogen-bond acceptors (Lipinski definition) is 4. The molecule has 1 aliphatic rings. The van der Waals surface area contributed by atoms with Gasteiger partial charge in [-0.2, -0.15) is 0 Å². The maximum Gasteiger partial charge on any atom is 0.307 e. The van der Waals surface area contributed by atoms with Crippen molar-refractivity contribution in [3.63, 3.8) is 0 Å². The first-order valence-electron chi connectivity index (χ1n) is 6.18. The zero-order valence-corrected chi connectivity index (χ0v) is 11.1. The summed E-state index contributed by atoms with van der Waals surface area (Å²) in [4.78, 5) is 16.0. The molecule has 1 aromatic heterocycles. The molecular weight excluding hydrogens is 260 g/mol. The third-order valence-electron chi connectivity index (χ3n) is 3.40. The molecule has 19 heavy (non-hydrogen) atoms. The van der Waals surface area contributed by atoms with Crippen LogP contribution in [0.3, 0.4) is 0 Å². The first-order valence-corrected chi connectivity index (χ1v) is 7.06. The third-order valence-corrected chi connectivity index (χ3v) is 4.18. The summed E-state index contributed by atoms with van der Waals surface area (Å²) in [6, 6.07) is 8.05. The van der Waals surface area contributed by atoms with E-state index in [9.17, 15) is 4.79 Å². The molecule has 2 N–H and O–H groups in total. The molecule has 5 heteroatoms. The van der Waals surface area contributed by atoms with E-state index in [1.54, 1.807) is 11.3 Å². The Hall–Kier alpha value is -1.88. The van der Waals surface area contributed by atoms with Gasteiger partial charge in [0.25, 0.3) is 0 Å². The highest BCUT2D eigenvalue weighted by atomic mass is 32.1. The molecule has 0 saturated heterocycles. The van der Waals surface area contributed by atoms with Crippen LogP contribution in [-0.4, -0.2) is 16.1 Å². The minimum Gasteiger partial charge on any atom is -0.481 e. The highest BCUT2D eigenvalue weighted by Gasteiger charge is 2.43. The van der Waals surface area contributed by atoms with Crippen LogP contribution in [0, 0.1) is 5.92 Å². The summed E-state index contributed by atoms with van der Waals surface area (Å²) < 4.78 is 0. The Morgan fingerprint density at radius 3 is 2.79 bits per heavy atom. The Labute approximate surface area is 115 Å². The lowest BCUT2D eigenvalue weighted by Gasteiger charge is -2.06. The molecule has 0 unspecified atom stereocenters. The molecule has 2 atom stereocenters. The second kappa shape index (κ2) is 5.01. The highest BCUT2D eigenvalue weighted by molar-refractivity contribution is 7.09. The summed E-state index contributed by atoms with van der Waals surface area (Å²) in [6.07, 6.45) is 2.62. The van der Waals surface area contributed by atoms with E-state index in [2.05, 4.69) is 10.3 Å². The molecule has 98 valence electrons. The van der Waals surface area contributed by atoms with E-state index < -0.39 is 5.97 Å². The quantitative estimate of drug-likeness (QED) is 0.880. The second-order valence-corrected chi connectivity index (χ2v) is 5.70. The molecule has 0 radical (unpaired) electrons. The van der Waals surface area contributed by atoms with Gasteiger partial charge < -0.3 is 10.4 Å². The van der Waals surface area contributed by atoms with E-state index in [4.69, 9.17) is 5.11 Å². The first-order chi connectivity index (χ1) is 9.24. The number of aromatic nitrogens is 1. The lowest BCUT2D eigenvalue weighted by molar-refractivity contribution is -0.138. The number of anilines is 1.